The van der Waals surface area contributed by atoms with Gasteiger partial charge in [-0.15, -0.1) is 10.2 Å². The molecule has 0 bridgehead atoms. The number of Topliss-reactive ketones (excluding diaryl/α,β-unsaturated/α-hetero) is 1. The Balaban J connectivity index is 1.98. The van der Waals surface area contributed by atoms with Crippen LogP contribution < -0.4 is 5.43 Å². The topological polar surface area (TPSA) is 140 Å². The number of carboxylic acids is 1. The molecule has 1 aliphatic rings. The molecule has 0 aliphatic carbocycles. The number of carbonyl (C=O) groups is 2. The summed E-state index contributed by atoms with van der Waals surface area (Å²) >= 11 is 0. The van der Waals surface area contributed by atoms with Crippen LogP contribution in [0.4, 0.5) is 5.95 Å². The minimum Gasteiger partial charge on any atom is -0.481 e. The smallest absolute Gasteiger partial charge is 0.303 e. The van der Waals surface area contributed by atoms with E-state index in [-0.39, 0.29) is 30.6 Å². The molecule has 2 N–H and O–H groups in total. The number of fused-ring (bicyclic) bond motifs is 1. The van der Waals surface area contributed by atoms with Crippen LogP contribution >= 0.6 is 0 Å². The van der Waals surface area contributed by atoms with Crippen LogP contribution in [-0.2, 0) is 9.59 Å². The first kappa shape index (κ1) is 18.4. The number of aliphatic imine (C=N–C) groups is 2. The number of carboxylic acid groups (broad SMARTS) is 1. The van der Waals surface area contributed by atoms with E-state index in [1.807, 2.05) is 19.9 Å². The maximum atomic E-state index is 12.8. The van der Waals surface area contributed by atoms with Crippen molar-refractivity contribution in [2.45, 2.75) is 40.5 Å². The van der Waals surface area contributed by atoms with Gasteiger partial charge in [-0.05, 0) is 25.3 Å². The summed E-state index contributed by atoms with van der Waals surface area (Å²) in [4.78, 5) is 32.4. The number of aromatic nitrogens is 5. The Bertz CT molecular complexity index is 966. The van der Waals surface area contributed by atoms with Gasteiger partial charge in [0.2, 0.25) is 17.6 Å². The molecule has 0 fully saturated rings. The molecular formula is C16H20N8O3. The highest BCUT2D eigenvalue weighted by Gasteiger charge is 2.29. The molecule has 27 heavy (non-hydrogen) atoms. The number of rotatable bonds is 5. The zero-order valence-corrected chi connectivity index (χ0v) is 15.5. The first-order valence-electron chi connectivity index (χ1n) is 8.28. The lowest BCUT2D eigenvalue weighted by atomic mass is 9.84. The third-order valence-corrected chi connectivity index (χ3v) is 3.90. The standard InChI is InChI=1S/C16H20N8O3/c1-9-5-10(2)24(21-9)15-19-13(18-14-20-17-8-23(14)22-15)11(25)6-16(3,4)7-12(26)27/h5,8H,6-7H2,1-4H3,(H,26,27)(H,18,19,20,22). The van der Waals surface area contributed by atoms with E-state index in [1.165, 1.54) is 11.0 Å². The number of aryl methyl sites for hydroxylation is 2. The first-order valence-corrected chi connectivity index (χ1v) is 8.28. The Morgan fingerprint density at radius 1 is 1.22 bits per heavy atom. The van der Waals surface area contributed by atoms with Gasteiger partial charge in [0.15, 0.2) is 0 Å². The predicted octanol–water partition coefficient (Wildman–Crippen LogP) is 1.04. The molecule has 11 nitrogen and oxygen atoms in total. The second-order valence-corrected chi connectivity index (χ2v) is 7.16. The van der Waals surface area contributed by atoms with Crippen LogP contribution in [0.25, 0.3) is 0 Å². The number of hydrogen-bond donors (Lipinski definition) is 2. The van der Waals surface area contributed by atoms with Crippen molar-refractivity contribution in [1.82, 2.24) is 24.7 Å². The Kier molecular flexibility index (Phi) is 4.60. The number of nitrogens with zero attached hydrogens (tertiary/aromatic N) is 7. The summed E-state index contributed by atoms with van der Waals surface area (Å²) in [7, 11) is 0. The summed E-state index contributed by atoms with van der Waals surface area (Å²) < 4.78 is 2.98. The summed E-state index contributed by atoms with van der Waals surface area (Å²) in [5.74, 6) is -1.02. The van der Waals surface area contributed by atoms with Gasteiger partial charge in [0, 0.05) is 12.1 Å². The van der Waals surface area contributed by atoms with Crippen molar-refractivity contribution in [3.8, 4) is 0 Å². The highest BCUT2D eigenvalue weighted by atomic mass is 16.4. The molecule has 0 radical (unpaired) electrons. The minimum absolute atomic E-state index is 0.0276. The van der Waals surface area contributed by atoms with Crippen LogP contribution in [0.5, 0.6) is 0 Å². The van der Waals surface area contributed by atoms with Gasteiger partial charge in [-0.1, -0.05) is 13.8 Å². The first-order chi connectivity index (χ1) is 12.6. The molecule has 0 amide bonds. The number of carbonyl (C=O) groups excluding carboxylic acids is 1. The SMILES string of the molecule is Cc1cc(C)n(C2=NC(C(=O)CC(C)(C)CC(=O)O)=Nc3nncn3N2)n1. The molecular weight excluding hydrogens is 352 g/mol. The molecule has 0 aromatic carbocycles. The third-order valence-electron chi connectivity index (χ3n) is 3.90. The molecule has 2 aromatic heterocycles. The van der Waals surface area contributed by atoms with Gasteiger partial charge in [0.1, 0.15) is 6.33 Å². The van der Waals surface area contributed by atoms with Crippen LogP contribution in [0.2, 0.25) is 0 Å². The van der Waals surface area contributed by atoms with Crippen LogP contribution in [0.3, 0.4) is 0 Å². The van der Waals surface area contributed by atoms with Crippen molar-refractivity contribution in [2.24, 2.45) is 15.4 Å². The molecule has 0 saturated heterocycles. The summed E-state index contributed by atoms with van der Waals surface area (Å²) in [6.07, 6.45) is 1.23. The molecule has 11 heteroatoms. The molecule has 3 rings (SSSR count). The predicted molar refractivity (Wildman–Crippen MR) is 96.7 cm³/mol. The van der Waals surface area contributed by atoms with Gasteiger partial charge in [0.25, 0.3) is 5.95 Å². The maximum Gasteiger partial charge on any atom is 0.303 e. The van der Waals surface area contributed by atoms with Crippen LogP contribution in [-0.4, -0.2) is 53.3 Å². The maximum absolute atomic E-state index is 12.8. The Morgan fingerprint density at radius 3 is 2.59 bits per heavy atom. The van der Waals surface area contributed by atoms with E-state index >= 15 is 0 Å². The van der Waals surface area contributed by atoms with Crippen molar-refractivity contribution >= 4 is 29.5 Å². The fraction of sp³-hybridized carbons (Fsp3) is 0.438. The lowest BCUT2D eigenvalue weighted by Crippen LogP contribution is -2.31. The Morgan fingerprint density at radius 2 is 1.96 bits per heavy atom. The van der Waals surface area contributed by atoms with Crippen LogP contribution in [0.1, 0.15) is 38.1 Å². The molecule has 0 atom stereocenters. The fourth-order valence-electron chi connectivity index (χ4n) is 2.79. The lowest BCUT2D eigenvalue weighted by molar-refractivity contribution is -0.139. The molecule has 3 heterocycles. The molecule has 2 aromatic rings. The van der Waals surface area contributed by atoms with Gasteiger partial charge in [-0.3, -0.25) is 15.0 Å². The summed E-state index contributed by atoms with van der Waals surface area (Å²) in [6, 6.07) is 1.87. The second kappa shape index (κ2) is 6.74. The van der Waals surface area contributed by atoms with Crippen LogP contribution in [0, 0.1) is 19.3 Å². The number of ketones is 1. The monoisotopic (exact) mass is 372 g/mol. The van der Waals surface area contributed by atoms with E-state index in [1.54, 1.807) is 18.5 Å². The summed E-state index contributed by atoms with van der Waals surface area (Å²) in [5.41, 5.74) is 3.83. The normalized spacial score (nSPS) is 13.9. The van der Waals surface area contributed by atoms with Gasteiger partial charge in [-0.25, -0.2) is 9.36 Å². The van der Waals surface area contributed by atoms with Crippen molar-refractivity contribution in [1.29, 1.82) is 0 Å². The Labute approximate surface area is 154 Å². The highest BCUT2D eigenvalue weighted by molar-refractivity contribution is 6.41. The number of hydrogen-bond acceptors (Lipinski definition) is 8. The summed E-state index contributed by atoms with van der Waals surface area (Å²) in [5, 5.41) is 21.0. The zero-order chi connectivity index (χ0) is 19.8. The van der Waals surface area contributed by atoms with E-state index < -0.39 is 17.2 Å². The lowest BCUT2D eigenvalue weighted by Gasteiger charge is -2.20. The largest absolute Gasteiger partial charge is 0.481 e. The van der Waals surface area contributed by atoms with E-state index in [2.05, 4.69) is 30.7 Å². The van der Waals surface area contributed by atoms with Crippen molar-refractivity contribution in [3.05, 3.63) is 23.8 Å². The molecule has 0 spiro atoms. The van der Waals surface area contributed by atoms with E-state index in [0.29, 0.717) is 0 Å². The van der Waals surface area contributed by atoms with Crippen molar-refractivity contribution < 1.29 is 14.7 Å². The number of amidine groups is 1. The van der Waals surface area contributed by atoms with Gasteiger partial charge in [-0.2, -0.15) is 15.1 Å². The minimum atomic E-state index is -0.969. The Hall–Kier alpha value is -3.37. The highest BCUT2D eigenvalue weighted by Crippen LogP contribution is 2.26. The number of aliphatic carboxylic acids is 1. The van der Waals surface area contributed by atoms with Crippen molar-refractivity contribution in [3.63, 3.8) is 0 Å². The quantitative estimate of drug-likeness (QED) is 0.799. The summed E-state index contributed by atoms with van der Waals surface area (Å²) in [6.45, 7) is 7.13. The zero-order valence-electron chi connectivity index (χ0n) is 15.5. The average Bonchev–Trinajstić information content (AvgIpc) is 3.04. The van der Waals surface area contributed by atoms with Crippen molar-refractivity contribution in [2.75, 3.05) is 5.43 Å². The number of nitrogens with one attached hydrogen (secondary N) is 1. The van der Waals surface area contributed by atoms with E-state index in [0.717, 1.165) is 11.4 Å². The van der Waals surface area contributed by atoms with Gasteiger partial charge < -0.3 is 5.11 Å². The van der Waals surface area contributed by atoms with E-state index in [9.17, 15) is 9.59 Å². The van der Waals surface area contributed by atoms with Crippen LogP contribution in [0.15, 0.2) is 22.4 Å². The second-order valence-electron chi connectivity index (χ2n) is 7.16. The molecule has 142 valence electrons. The third kappa shape index (κ3) is 4.07. The van der Waals surface area contributed by atoms with Gasteiger partial charge >= 0.3 is 5.97 Å². The van der Waals surface area contributed by atoms with E-state index in [4.69, 9.17) is 5.11 Å². The van der Waals surface area contributed by atoms with Gasteiger partial charge in [0.05, 0.1) is 12.1 Å². The fourth-order valence-corrected chi connectivity index (χ4v) is 2.79. The molecule has 0 unspecified atom stereocenters. The molecule has 1 aliphatic heterocycles. The average molecular weight is 372 g/mol. The molecule has 0 saturated carbocycles.